The summed E-state index contributed by atoms with van der Waals surface area (Å²) in [4.78, 5) is 26.8. The van der Waals surface area contributed by atoms with Gasteiger partial charge >= 0.3 is 12.1 Å². The van der Waals surface area contributed by atoms with Crippen LogP contribution in [-0.4, -0.2) is 28.7 Å². The zero-order chi connectivity index (χ0) is 13.8. The second-order valence-corrected chi connectivity index (χ2v) is 5.44. The lowest BCUT2D eigenvalue weighted by Crippen LogP contribution is -2.43. The molecule has 1 unspecified atom stereocenters. The molecule has 100 valence electrons. The van der Waals surface area contributed by atoms with Crippen molar-refractivity contribution in [2.24, 2.45) is 0 Å². The summed E-state index contributed by atoms with van der Waals surface area (Å²) >= 11 is 1.20. The minimum atomic E-state index is -0.802. The third-order valence-electron chi connectivity index (χ3n) is 1.68. The van der Waals surface area contributed by atoms with Gasteiger partial charge in [0.05, 0.1) is 0 Å². The predicted molar refractivity (Wildman–Crippen MR) is 66.6 cm³/mol. The first kappa shape index (κ1) is 14.4. The largest absolute Gasteiger partial charge is 0.444 e. The highest BCUT2D eigenvalue weighted by Crippen LogP contribution is 2.14. The summed E-state index contributed by atoms with van der Waals surface area (Å²) in [7, 11) is 0. The smallest absolute Gasteiger partial charge is 0.408 e. The molecule has 0 aliphatic heterocycles. The highest BCUT2D eigenvalue weighted by molar-refractivity contribution is 7.11. The molecular weight excluding hydrogens is 256 g/mol. The third kappa shape index (κ3) is 5.13. The lowest BCUT2D eigenvalue weighted by Gasteiger charge is -2.21. The van der Waals surface area contributed by atoms with Gasteiger partial charge in [-0.15, -0.1) is 0 Å². The minimum Gasteiger partial charge on any atom is -0.444 e. The normalized spacial score (nSPS) is 12.7. The first-order valence-corrected chi connectivity index (χ1v) is 6.26. The Morgan fingerprint density at radius 3 is 2.61 bits per heavy atom. The average Bonchev–Trinajstić information content (AvgIpc) is 2.66. The Balaban J connectivity index is 2.42. The Hall–Kier alpha value is -1.63. The number of amides is 1. The van der Waals surface area contributed by atoms with Crippen LogP contribution in [0.15, 0.2) is 11.6 Å². The van der Waals surface area contributed by atoms with Gasteiger partial charge in [-0.2, -0.15) is 0 Å². The molecule has 0 saturated heterocycles. The topological polar surface area (TPSA) is 77.5 Å². The first-order chi connectivity index (χ1) is 8.28. The predicted octanol–water partition coefficient (Wildman–Crippen LogP) is 1.96. The summed E-state index contributed by atoms with van der Waals surface area (Å²) in [6.07, 6.45) is 0.866. The molecule has 1 heterocycles. The Labute approximate surface area is 109 Å². The molecule has 0 aromatic carbocycles. The van der Waals surface area contributed by atoms with Crippen LogP contribution in [-0.2, 0) is 9.53 Å². The average molecular weight is 272 g/mol. The van der Waals surface area contributed by atoms with E-state index in [0.717, 1.165) is 0 Å². The van der Waals surface area contributed by atoms with Crippen LogP contribution in [0.25, 0.3) is 0 Å². The molecule has 0 aliphatic carbocycles. The van der Waals surface area contributed by atoms with E-state index in [4.69, 9.17) is 9.47 Å². The van der Waals surface area contributed by atoms with Crippen LogP contribution in [0.3, 0.4) is 0 Å². The number of alkyl carbamates (subject to hydrolysis) is 1. The van der Waals surface area contributed by atoms with Crippen LogP contribution in [0.5, 0.6) is 5.19 Å². The number of thiazole rings is 1. The van der Waals surface area contributed by atoms with Gasteiger partial charge in [-0.3, -0.25) is 0 Å². The van der Waals surface area contributed by atoms with Gasteiger partial charge in [0.25, 0.3) is 5.19 Å². The number of nitrogens with zero attached hydrogens (tertiary/aromatic N) is 1. The van der Waals surface area contributed by atoms with E-state index in [1.54, 1.807) is 26.2 Å². The number of carbonyl (C=O) groups excluding carboxylic acids is 2. The van der Waals surface area contributed by atoms with Crippen LogP contribution >= 0.6 is 11.3 Å². The molecule has 7 heteroatoms. The monoisotopic (exact) mass is 272 g/mol. The molecule has 1 rings (SSSR count). The summed E-state index contributed by atoms with van der Waals surface area (Å²) in [6.45, 7) is 6.74. The van der Waals surface area contributed by atoms with Gasteiger partial charge in [-0.05, 0) is 27.7 Å². The van der Waals surface area contributed by atoms with Crippen LogP contribution in [0.1, 0.15) is 27.7 Å². The Kier molecular flexibility index (Phi) is 4.66. The number of nitrogens with one attached hydrogen (secondary N) is 1. The number of rotatable bonds is 3. The van der Waals surface area contributed by atoms with Crippen molar-refractivity contribution in [3.63, 3.8) is 0 Å². The molecule has 0 fully saturated rings. The van der Waals surface area contributed by atoms with Gasteiger partial charge in [0.2, 0.25) is 0 Å². The zero-order valence-corrected chi connectivity index (χ0v) is 11.5. The van der Waals surface area contributed by atoms with Crippen molar-refractivity contribution >= 4 is 23.4 Å². The lowest BCUT2D eigenvalue weighted by atomic mass is 10.2. The van der Waals surface area contributed by atoms with Crippen molar-refractivity contribution in [1.82, 2.24) is 10.3 Å². The molecule has 1 aromatic heterocycles. The molecular formula is C11H16N2O4S. The number of carbonyl (C=O) groups is 2. The van der Waals surface area contributed by atoms with Gasteiger partial charge in [-0.1, -0.05) is 11.3 Å². The van der Waals surface area contributed by atoms with E-state index < -0.39 is 23.7 Å². The molecule has 0 radical (unpaired) electrons. The number of hydrogen-bond acceptors (Lipinski definition) is 6. The van der Waals surface area contributed by atoms with E-state index in [0.29, 0.717) is 0 Å². The van der Waals surface area contributed by atoms with Crippen molar-refractivity contribution < 1.29 is 19.1 Å². The van der Waals surface area contributed by atoms with E-state index in [1.165, 1.54) is 24.5 Å². The van der Waals surface area contributed by atoms with Crippen molar-refractivity contribution in [3.8, 4) is 5.19 Å². The Morgan fingerprint density at radius 2 is 2.11 bits per heavy atom. The molecule has 0 bridgehead atoms. The van der Waals surface area contributed by atoms with E-state index in [2.05, 4.69) is 10.3 Å². The summed E-state index contributed by atoms with van der Waals surface area (Å²) in [6, 6.07) is -0.802. The van der Waals surface area contributed by atoms with Crippen LogP contribution in [0.2, 0.25) is 0 Å². The number of hydrogen-bond donors (Lipinski definition) is 1. The molecule has 0 aliphatic rings. The second-order valence-electron chi connectivity index (χ2n) is 4.59. The van der Waals surface area contributed by atoms with Crippen LogP contribution in [0, 0.1) is 0 Å². The van der Waals surface area contributed by atoms with Gasteiger partial charge in [0.15, 0.2) is 0 Å². The van der Waals surface area contributed by atoms with E-state index >= 15 is 0 Å². The Bertz CT molecular complexity index is 411. The van der Waals surface area contributed by atoms with Crippen LogP contribution < -0.4 is 10.1 Å². The first-order valence-electron chi connectivity index (χ1n) is 5.38. The molecule has 6 nitrogen and oxygen atoms in total. The summed E-state index contributed by atoms with van der Waals surface area (Å²) < 4.78 is 9.97. The highest BCUT2D eigenvalue weighted by atomic mass is 32.1. The molecule has 1 N–H and O–H groups in total. The quantitative estimate of drug-likeness (QED) is 0.851. The second kappa shape index (κ2) is 5.81. The number of aromatic nitrogens is 1. The molecule has 0 spiro atoms. The SMILES string of the molecule is CC(NC(=O)OC(C)(C)C)C(=O)Oc1nccs1. The zero-order valence-electron chi connectivity index (χ0n) is 10.7. The Morgan fingerprint density at radius 1 is 1.44 bits per heavy atom. The lowest BCUT2D eigenvalue weighted by molar-refractivity contribution is -0.136. The number of ether oxygens (including phenoxy) is 2. The maximum Gasteiger partial charge on any atom is 0.408 e. The fourth-order valence-electron chi connectivity index (χ4n) is 0.978. The molecule has 18 heavy (non-hydrogen) atoms. The van der Waals surface area contributed by atoms with E-state index in [-0.39, 0.29) is 5.19 Å². The summed E-state index contributed by atoms with van der Waals surface area (Å²) in [5.41, 5.74) is -0.608. The van der Waals surface area contributed by atoms with Crippen molar-refractivity contribution in [3.05, 3.63) is 11.6 Å². The molecule has 0 saturated carbocycles. The highest BCUT2D eigenvalue weighted by Gasteiger charge is 2.22. The third-order valence-corrected chi connectivity index (χ3v) is 2.33. The minimum absolute atomic E-state index is 0.248. The maximum atomic E-state index is 11.6. The number of esters is 1. The summed E-state index contributed by atoms with van der Waals surface area (Å²) in [5.74, 6) is -0.587. The van der Waals surface area contributed by atoms with Crippen molar-refractivity contribution in [2.45, 2.75) is 39.3 Å². The van der Waals surface area contributed by atoms with Crippen molar-refractivity contribution in [2.75, 3.05) is 0 Å². The van der Waals surface area contributed by atoms with Gasteiger partial charge in [0.1, 0.15) is 11.6 Å². The fraction of sp³-hybridized carbons (Fsp3) is 0.545. The van der Waals surface area contributed by atoms with Gasteiger partial charge in [-0.25, -0.2) is 14.6 Å². The van der Waals surface area contributed by atoms with E-state index in [9.17, 15) is 9.59 Å². The maximum absolute atomic E-state index is 11.6. The molecule has 1 aromatic rings. The molecule has 1 amide bonds. The standard InChI is InChI=1S/C11H16N2O4S/c1-7(13-9(15)17-11(2,3)4)8(14)16-10-12-5-6-18-10/h5-7H,1-4H3,(H,13,15). The van der Waals surface area contributed by atoms with Gasteiger partial charge < -0.3 is 14.8 Å². The van der Waals surface area contributed by atoms with E-state index in [1.807, 2.05) is 0 Å². The van der Waals surface area contributed by atoms with Crippen molar-refractivity contribution in [1.29, 1.82) is 0 Å². The molecule has 1 atom stereocenters. The summed E-state index contributed by atoms with van der Waals surface area (Å²) in [5, 5.41) is 4.33. The fourth-order valence-corrected chi connectivity index (χ4v) is 1.47. The van der Waals surface area contributed by atoms with Gasteiger partial charge in [0, 0.05) is 11.6 Å². The van der Waals surface area contributed by atoms with Crippen LogP contribution in [0.4, 0.5) is 4.79 Å².